The number of hydrogen-bond donors (Lipinski definition) is 1. The van der Waals surface area contributed by atoms with Gasteiger partial charge in [-0.3, -0.25) is 4.90 Å². The lowest BCUT2D eigenvalue weighted by Crippen LogP contribution is -2.45. The summed E-state index contributed by atoms with van der Waals surface area (Å²) in [6.07, 6.45) is 5.49. The van der Waals surface area contributed by atoms with Crippen molar-refractivity contribution in [3.8, 4) is 5.75 Å². The van der Waals surface area contributed by atoms with Crippen LogP contribution in [0.25, 0.3) is 0 Å². The highest BCUT2D eigenvalue weighted by Gasteiger charge is 2.29. The van der Waals surface area contributed by atoms with Crippen LogP contribution in [0, 0.1) is 0 Å². The van der Waals surface area contributed by atoms with Crippen molar-refractivity contribution in [3.05, 3.63) is 53.6 Å². The zero-order valence-corrected chi connectivity index (χ0v) is 14.6. The van der Waals surface area contributed by atoms with E-state index in [-0.39, 0.29) is 12.1 Å². The molecular formula is C21H24N2O2. The van der Waals surface area contributed by atoms with Crippen molar-refractivity contribution in [1.29, 1.82) is 0 Å². The molecule has 25 heavy (non-hydrogen) atoms. The van der Waals surface area contributed by atoms with Gasteiger partial charge in [0.1, 0.15) is 11.9 Å². The molecule has 0 bridgehead atoms. The number of hydrogen-bond acceptors (Lipinski definition) is 2. The summed E-state index contributed by atoms with van der Waals surface area (Å²) >= 11 is 0. The molecule has 1 N–H and O–H groups in total. The van der Waals surface area contributed by atoms with Crippen LogP contribution in [-0.2, 0) is 12.8 Å². The lowest BCUT2D eigenvalue weighted by atomic mass is 9.90. The van der Waals surface area contributed by atoms with E-state index in [1.165, 1.54) is 24.0 Å². The molecule has 1 atom stereocenters. The Kier molecular flexibility index (Phi) is 4.35. The molecule has 2 aromatic rings. The second-order valence-corrected chi connectivity index (χ2v) is 6.81. The van der Waals surface area contributed by atoms with Crippen molar-refractivity contribution in [2.24, 2.45) is 0 Å². The fourth-order valence-corrected chi connectivity index (χ4v) is 3.78. The predicted molar refractivity (Wildman–Crippen MR) is 101 cm³/mol. The third-order valence-electron chi connectivity index (χ3n) is 5.17. The normalized spacial score (nSPS) is 18.8. The summed E-state index contributed by atoms with van der Waals surface area (Å²) in [5.74, 6) is 0.783. The molecule has 0 fully saturated rings. The van der Waals surface area contributed by atoms with E-state index in [1.807, 2.05) is 41.3 Å². The second kappa shape index (κ2) is 6.79. The molecule has 4 nitrogen and oxygen atoms in total. The van der Waals surface area contributed by atoms with Crippen molar-refractivity contribution in [1.82, 2.24) is 0 Å². The van der Waals surface area contributed by atoms with E-state index >= 15 is 0 Å². The van der Waals surface area contributed by atoms with E-state index < -0.39 is 0 Å². The Morgan fingerprint density at radius 2 is 2.00 bits per heavy atom. The quantitative estimate of drug-likeness (QED) is 0.858. The summed E-state index contributed by atoms with van der Waals surface area (Å²) in [6, 6.07) is 13.9. The molecule has 130 valence electrons. The van der Waals surface area contributed by atoms with Gasteiger partial charge in [-0.05, 0) is 61.4 Å². The molecule has 1 aliphatic heterocycles. The van der Waals surface area contributed by atoms with Gasteiger partial charge in [0.25, 0.3) is 0 Å². The lowest BCUT2D eigenvalue weighted by molar-refractivity contribution is 0.188. The van der Waals surface area contributed by atoms with Crippen LogP contribution in [-0.4, -0.2) is 18.7 Å². The minimum absolute atomic E-state index is 0.0327. The fourth-order valence-electron chi connectivity index (χ4n) is 3.78. The summed E-state index contributed by atoms with van der Waals surface area (Å²) in [4.78, 5) is 14.9. The molecule has 0 radical (unpaired) electrons. The van der Waals surface area contributed by atoms with Gasteiger partial charge in [0.05, 0.1) is 12.2 Å². The Labute approximate surface area is 148 Å². The highest BCUT2D eigenvalue weighted by Crippen LogP contribution is 2.35. The molecular weight excluding hydrogens is 312 g/mol. The molecule has 0 unspecified atom stereocenters. The highest BCUT2D eigenvalue weighted by molar-refractivity contribution is 6.03. The summed E-state index contributed by atoms with van der Waals surface area (Å²) in [5, 5.41) is 3.16. The number of para-hydroxylation sites is 2. The maximum atomic E-state index is 13.0. The number of nitrogens with zero attached hydrogens (tertiary/aromatic N) is 1. The molecule has 0 aromatic heterocycles. The molecule has 1 aliphatic carbocycles. The van der Waals surface area contributed by atoms with Gasteiger partial charge in [0.2, 0.25) is 0 Å². The number of carbonyl (C=O) groups excluding carboxylic acids is 1. The Bertz CT molecular complexity index is 787. The maximum absolute atomic E-state index is 13.0. The smallest absolute Gasteiger partial charge is 0.326 e. The van der Waals surface area contributed by atoms with Crippen molar-refractivity contribution >= 4 is 17.4 Å². The number of urea groups is 1. The van der Waals surface area contributed by atoms with Crippen LogP contribution in [0.4, 0.5) is 16.2 Å². The molecule has 1 heterocycles. The minimum atomic E-state index is -0.0758. The number of rotatable bonds is 2. The number of anilines is 2. The number of nitrogens with one attached hydrogen (secondary N) is 1. The summed E-state index contributed by atoms with van der Waals surface area (Å²) in [7, 11) is 0. The fraction of sp³-hybridized carbons (Fsp3) is 0.381. The molecule has 4 heteroatoms. The maximum Gasteiger partial charge on any atom is 0.326 e. The Morgan fingerprint density at radius 3 is 2.88 bits per heavy atom. The van der Waals surface area contributed by atoms with Gasteiger partial charge in [0, 0.05) is 5.69 Å². The van der Waals surface area contributed by atoms with Crippen LogP contribution in [0.5, 0.6) is 5.75 Å². The van der Waals surface area contributed by atoms with E-state index in [2.05, 4.69) is 18.3 Å². The monoisotopic (exact) mass is 336 g/mol. The Morgan fingerprint density at radius 1 is 1.16 bits per heavy atom. The van der Waals surface area contributed by atoms with Gasteiger partial charge < -0.3 is 10.1 Å². The average Bonchev–Trinajstić information content (AvgIpc) is 2.67. The van der Waals surface area contributed by atoms with E-state index in [4.69, 9.17) is 4.74 Å². The lowest BCUT2D eigenvalue weighted by Gasteiger charge is -2.34. The van der Waals surface area contributed by atoms with Crippen molar-refractivity contribution in [3.63, 3.8) is 0 Å². The number of benzene rings is 2. The van der Waals surface area contributed by atoms with Crippen LogP contribution in [0.3, 0.4) is 0 Å². The van der Waals surface area contributed by atoms with Crippen molar-refractivity contribution < 1.29 is 9.53 Å². The number of carbonyl (C=O) groups is 1. The standard InChI is InChI=1S/C21H24N2O2/c1-2-16-14-23(19-12-5-6-13-20(19)25-16)21(24)22-18-11-7-9-15-8-3-4-10-17(15)18/h5-7,9,11-13,16H,2-4,8,10,14H2,1H3,(H,22,24)/t16-/m1/s1. The predicted octanol–water partition coefficient (Wildman–Crippen LogP) is 4.77. The van der Waals surface area contributed by atoms with Gasteiger partial charge in [0.15, 0.2) is 0 Å². The molecule has 2 aliphatic rings. The SMILES string of the molecule is CC[C@@H]1CN(C(=O)Nc2cccc3c2CCCC3)c2ccccc2O1. The topological polar surface area (TPSA) is 41.6 Å². The molecule has 2 aromatic carbocycles. The van der Waals surface area contributed by atoms with E-state index in [1.54, 1.807) is 0 Å². The van der Waals surface area contributed by atoms with Gasteiger partial charge in [-0.2, -0.15) is 0 Å². The largest absolute Gasteiger partial charge is 0.486 e. The van der Waals surface area contributed by atoms with Crippen LogP contribution >= 0.6 is 0 Å². The number of amides is 2. The number of fused-ring (bicyclic) bond motifs is 2. The third-order valence-corrected chi connectivity index (χ3v) is 5.17. The second-order valence-electron chi connectivity index (χ2n) is 6.81. The summed E-state index contributed by atoms with van der Waals surface area (Å²) in [5.41, 5.74) is 4.47. The summed E-state index contributed by atoms with van der Waals surface area (Å²) < 4.78 is 5.98. The number of ether oxygens (including phenoxy) is 1. The van der Waals surface area contributed by atoms with Crippen molar-refractivity contribution in [2.75, 3.05) is 16.8 Å². The van der Waals surface area contributed by atoms with Crippen LogP contribution < -0.4 is 15.0 Å². The first kappa shape index (κ1) is 16.0. The first-order valence-corrected chi connectivity index (χ1v) is 9.21. The van der Waals surface area contributed by atoms with Gasteiger partial charge in [-0.25, -0.2) is 4.79 Å². The molecule has 0 spiro atoms. The highest BCUT2D eigenvalue weighted by atomic mass is 16.5. The van der Waals surface area contributed by atoms with Crippen molar-refractivity contribution in [2.45, 2.75) is 45.1 Å². The molecule has 2 amide bonds. The van der Waals surface area contributed by atoms with Gasteiger partial charge in [-0.15, -0.1) is 0 Å². The Hall–Kier alpha value is -2.49. The number of aryl methyl sites for hydroxylation is 1. The van der Waals surface area contributed by atoms with E-state index in [9.17, 15) is 4.79 Å². The van der Waals surface area contributed by atoms with Crippen LogP contribution in [0.1, 0.15) is 37.3 Å². The zero-order chi connectivity index (χ0) is 17.2. The molecule has 0 saturated heterocycles. The summed E-state index contributed by atoms with van der Waals surface area (Å²) in [6.45, 7) is 2.66. The molecule has 4 rings (SSSR count). The zero-order valence-electron chi connectivity index (χ0n) is 14.6. The molecule has 0 saturated carbocycles. The van der Waals surface area contributed by atoms with E-state index in [0.717, 1.165) is 36.4 Å². The van der Waals surface area contributed by atoms with Crippen LogP contribution in [0.15, 0.2) is 42.5 Å². The van der Waals surface area contributed by atoms with E-state index in [0.29, 0.717) is 6.54 Å². The average molecular weight is 336 g/mol. The Balaban J connectivity index is 1.61. The van der Waals surface area contributed by atoms with Gasteiger partial charge >= 0.3 is 6.03 Å². The van der Waals surface area contributed by atoms with Crippen LogP contribution in [0.2, 0.25) is 0 Å². The first-order chi connectivity index (χ1) is 12.3. The third kappa shape index (κ3) is 3.09. The first-order valence-electron chi connectivity index (χ1n) is 9.21. The van der Waals surface area contributed by atoms with Gasteiger partial charge in [-0.1, -0.05) is 31.2 Å². The minimum Gasteiger partial charge on any atom is -0.486 e.